The maximum absolute atomic E-state index is 12.9. The Morgan fingerprint density at radius 1 is 1.10 bits per heavy atom. The van der Waals surface area contributed by atoms with Gasteiger partial charge in [0.25, 0.3) is 5.91 Å². The number of ether oxygens (including phenoxy) is 2. The number of amides is 1. The largest absolute Gasteiger partial charge is 0.493 e. The van der Waals surface area contributed by atoms with Crippen molar-refractivity contribution in [1.29, 1.82) is 0 Å². The molecule has 1 atom stereocenters. The van der Waals surface area contributed by atoms with Gasteiger partial charge in [-0.25, -0.2) is 0 Å². The summed E-state index contributed by atoms with van der Waals surface area (Å²) in [4.78, 5) is 20.3. The number of benzene rings is 2. The first-order valence-electron chi connectivity index (χ1n) is 14.3. The van der Waals surface area contributed by atoms with E-state index in [1.165, 1.54) is 31.2 Å². The maximum atomic E-state index is 12.9. The van der Waals surface area contributed by atoms with Gasteiger partial charge in [0.1, 0.15) is 0 Å². The van der Waals surface area contributed by atoms with E-state index in [4.69, 9.17) is 20.2 Å². The van der Waals surface area contributed by atoms with Crippen molar-refractivity contribution < 1.29 is 14.3 Å². The number of nitrogens with one attached hydrogen (secondary N) is 1. The molecule has 40 heavy (non-hydrogen) atoms. The lowest BCUT2D eigenvalue weighted by Crippen LogP contribution is -2.24. The Morgan fingerprint density at radius 3 is 2.65 bits per heavy atom. The highest BCUT2D eigenvalue weighted by molar-refractivity contribution is 6.09. The SMILES string of the molecule is CCC1CCCN(Cc2ccc(NC(=O)/C(N)=C/C3=N/C(c4ccc(OC)c(OC)c4)=C\C=C/CC3)cc2)CC1. The van der Waals surface area contributed by atoms with Crippen molar-refractivity contribution in [3.05, 3.63) is 83.6 Å². The Hall–Kier alpha value is -3.84. The zero-order valence-corrected chi connectivity index (χ0v) is 24.0. The number of hydrogen-bond acceptors (Lipinski definition) is 6. The summed E-state index contributed by atoms with van der Waals surface area (Å²) in [5.41, 5.74) is 10.7. The monoisotopic (exact) mass is 542 g/mol. The van der Waals surface area contributed by atoms with Crippen molar-refractivity contribution in [2.45, 2.75) is 52.0 Å². The summed E-state index contributed by atoms with van der Waals surface area (Å²) in [5.74, 6) is 1.79. The highest BCUT2D eigenvalue weighted by Crippen LogP contribution is 2.31. The number of anilines is 1. The van der Waals surface area contributed by atoms with E-state index in [2.05, 4.69) is 35.3 Å². The number of likely N-dealkylation sites (tertiary alicyclic amines) is 1. The van der Waals surface area contributed by atoms with Gasteiger partial charge in [-0.05, 0) is 99.2 Å². The summed E-state index contributed by atoms with van der Waals surface area (Å²) in [5, 5.41) is 2.92. The van der Waals surface area contributed by atoms with E-state index in [-0.39, 0.29) is 11.6 Å². The normalized spacial score (nSPS) is 22.0. The second-order valence-electron chi connectivity index (χ2n) is 10.4. The minimum absolute atomic E-state index is 0.120. The molecule has 212 valence electrons. The summed E-state index contributed by atoms with van der Waals surface area (Å²) in [7, 11) is 3.21. The predicted octanol–water partition coefficient (Wildman–Crippen LogP) is 6.33. The zero-order chi connectivity index (χ0) is 28.3. The van der Waals surface area contributed by atoms with Gasteiger partial charge < -0.3 is 20.5 Å². The molecule has 0 spiro atoms. The Balaban J connectivity index is 1.41. The van der Waals surface area contributed by atoms with E-state index in [0.29, 0.717) is 17.9 Å². The summed E-state index contributed by atoms with van der Waals surface area (Å²) in [6.07, 6.45) is 14.3. The fraction of sp³-hybridized carbons (Fsp3) is 0.394. The zero-order valence-electron chi connectivity index (χ0n) is 24.0. The van der Waals surface area contributed by atoms with E-state index in [0.717, 1.165) is 54.6 Å². The van der Waals surface area contributed by atoms with Crippen molar-refractivity contribution in [3.63, 3.8) is 0 Å². The van der Waals surface area contributed by atoms with Gasteiger partial charge >= 0.3 is 0 Å². The molecule has 2 aliphatic heterocycles. The van der Waals surface area contributed by atoms with Crippen molar-refractivity contribution in [3.8, 4) is 11.5 Å². The maximum Gasteiger partial charge on any atom is 0.271 e. The molecule has 1 saturated heterocycles. The van der Waals surface area contributed by atoms with Gasteiger partial charge in [0.05, 0.1) is 25.6 Å². The number of hydrogen-bond donors (Lipinski definition) is 2. The highest BCUT2D eigenvalue weighted by Gasteiger charge is 2.16. The van der Waals surface area contributed by atoms with Crippen LogP contribution in [0, 0.1) is 5.92 Å². The van der Waals surface area contributed by atoms with Crippen LogP contribution in [0.4, 0.5) is 5.69 Å². The first kappa shape index (κ1) is 29.2. The van der Waals surface area contributed by atoms with Crippen LogP contribution in [-0.2, 0) is 11.3 Å². The number of nitrogens with zero attached hydrogens (tertiary/aromatic N) is 2. The van der Waals surface area contributed by atoms with Crippen molar-refractivity contribution in [1.82, 2.24) is 4.90 Å². The van der Waals surface area contributed by atoms with Crippen LogP contribution in [0.5, 0.6) is 11.5 Å². The second kappa shape index (κ2) is 14.5. The molecule has 2 aromatic rings. The van der Waals surface area contributed by atoms with Gasteiger partial charge in [-0.1, -0.05) is 37.6 Å². The van der Waals surface area contributed by atoms with Crippen molar-refractivity contribution in [2.75, 3.05) is 32.6 Å². The van der Waals surface area contributed by atoms with E-state index < -0.39 is 0 Å². The fourth-order valence-corrected chi connectivity index (χ4v) is 5.19. The molecule has 2 heterocycles. The number of aliphatic imine (C=N–C) groups is 1. The van der Waals surface area contributed by atoms with Crippen LogP contribution in [0.15, 0.2) is 77.5 Å². The first-order chi connectivity index (χ1) is 19.5. The van der Waals surface area contributed by atoms with E-state index in [1.54, 1.807) is 20.3 Å². The van der Waals surface area contributed by atoms with Gasteiger partial charge in [0, 0.05) is 23.5 Å². The third kappa shape index (κ3) is 8.09. The second-order valence-corrected chi connectivity index (χ2v) is 10.4. The third-order valence-corrected chi connectivity index (χ3v) is 7.62. The molecule has 4 rings (SSSR count). The Morgan fingerprint density at radius 2 is 1.90 bits per heavy atom. The molecule has 1 unspecified atom stereocenters. The van der Waals surface area contributed by atoms with E-state index in [1.807, 2.05) is 42.5 Å². The predicted molar refractivity (Wildman–Crippen MR) is 164 cm³/mol. The third-order valence-electron chi connectivity index (χ3n) is 7.62. The fourth-order valence-electron chi connectivity index (χ4n) is 5.19. The number of nitrogens with two attached hydrogens (primary N) is 1. The standard InChI is InChI=1S/C33H42N4O3/c1-4-24-9-8-19-37(20-18-24)23-25-12-15-27(16-13-25)36-33(38)29(34)22-28-10-6-5-7-11-30(35-28)26-14-17-31(39-2)32(21-26)40-3/h5,7,11-17,21-22,24H,4,6,8-10,18-20,23,34H2,1-3H3,(H,36,38)/b7-5-,29-22-,30-11-,35-28+. The van der Waals surface area contributed by atoms with E-state index >= 15 is 0 Å². The van der Waals surface area contributed by atoms with Crippen LogP contribution in [0.1, 0.15) is 56.6 Å². The average Bonchev–Trinajstić information content (AvgIpc) is 3.20. The number of carbonyl (C=O) groups excluding carboxylic acids is 1. The minimum Gasteiger partial charge on any atom is -0.493 e. The van der Waals surface area contributed by atoms with Crippen molar-refractivity contribution in [2.24, 2.45) is 16.6 Å². The van der Waals surface area contributed by atoms with Crippen LogP contribution in [0.3, 0.4) is 0 Å². The molecule has 7 nitrogen and oxygen atoms in total. The molecule has 0 saturated carbocycles. The lowest BCUT2D eigenvalue weighted by atomic mass is 9.98. The average molecular weight is 543 g/mol. The molecule has 0 bridgehead atoms. The van der Waals surface area contributed by atoms with Gasteiger partial charge in [0.2, 0.25) is 0 Å². The lowest BCUT2D eigenvalue weighted by molar-refractivity contribution is -0.112. The molecular weight excluding hydrogens is 500 g/mol. The van der Waals surface area contributed by atoms with Crippen LogP contribution in [0.2, 0.25) is 0 Å². The Labute approximate surface area is 238 Å². The van der Waals surface area contributed by atoms with Gasteiger partial charge in [-0.15, -0.1) is 0 Å². The van der Waals surface area contributed by atoms with Gasteiger partial charge in [-0.3, -0.25) is 14.7 Å². The topological polar surface area (TPSA) is 89.2 Å². The smallest absolute Gasteiger partial charge is 0.271 e. The number of methoxy groups -OCH3 is 2. The van der Waals surface area contributed by atoms with Gasteiger partial charge in [-0.2, -0.15) is 0 Å². The molecule has 0 aromatic heterocycles. The van der Waals surface area contributed by atoms with Crippen LogP contribution in [0.25, 0.3) is 5.70 Å². The molecule has 3 N–H and O–H groups in total. The number of allylic oxidation sites excluding steroid dienone is 4. The lowest BCUT2D eigenvalue weighted by Gasteiger charge is -2.20. The Bertz CT molecular complexity index is 1280. The van der Waals surface area contributed by atoms with Crippen LogP contribution < -0.4 is 20.5 Å². The molecule has 0 aliphatic carbocycles. The number of rotatable bonds is 9. The van der Waals surface area contributed by atoms with E-state index in [9.17, 15) is 4.79 Å². The van der Waals surface area contributed by atoms with Gasteiger partial charge in [0.15, 0.2) is 11.5 Å². The molecule has 2 aromatic carbocycles. The van der Waals surface area contributed by atoms with Crippen LogP contribution in [-0.4, -0.2) is 43.8 Å². The highest BCUT2D eigenvalue weighted by atomic mass is 16.5. The summed E-state index contributed by atoms with van der Waals surface area (Å²) < 4.78 is 10.8. The minimum atomic E-state index is -0.345. The first-order valence-corrected chi connectivity index (χ1v) is 14.3. The molecule has 2 aliphatic rings. The van der Waals surface area contributed by atoms with Crippen molar-refractivity contribution >= 4 is 23.0 Å². The summed E-state index contributed by atoms with van der Waals surface area (Å²) >= 11 is 0. The van der Waals surface area contributed by atoms with Crippen LogP contribution >= 0.6 is 0 Å². The molecular formula is C33H42N4O3. The molecule has 7 heteroatoms. The molecule has 1 fully saturated rings. The molecule has 0 radical (unpaired) electrons. The quantitative estimate of drug-likeness (QED) is 0.362. The summed E-state index contributed by atoms with van der Waals surface area (Å²) in [6.45, 7) is 5.54. The Kier molecular flexibility index (Phi) is 10.6. The molecule has 1 amide bonds. The summed E-state index contributed by atoms with van der Waals surface area (Å²) in [6, 6.07) is 13.7. The number of carbonyl (C=O) groups is 1.